The maximum absolute atomic E-state index is 10.9. The number of nitrogens with one attached hydrogen (secondary N) is 1. The van der Waals surface area contributed by atoms with Gasteiger partial charge in [-0.1, -0.05) is 11.6 Å². The molecule has 0 bridgehead atoms. The Morgan fingerprint density at radius 3 is 2.93 bits per heavy atom. The lowest BCUT2D eigenvalue weighted by Gasteiger charge is -2.08. The molecule has 1 amide bonds. The van der Waals surface area contributed by atoms with Crippen molar-refractivity contribution in [2.75, 3.05) is 19.4 Å². The molecule has 0 unspecified atom stereocenters. The van der Waals surface area contributed by atoms with Crippen molar-refractivity contribution in [2.24, 2.45) is 0 Å². The molecule has 1 aromatic rings. The summed E-state index contributed by atoms with van der Waals surface area (Å²) < 4.78 is 5.32. The van der Waals surface area contributed by atoms with Crippen molar-refractivity contribution in [3.63, 3.8) is 0 Å². The molecule has 0 aromatic heterocycles. The summed E-state index contributed by atoms with van der Waals surface area (Å²) >= 11 is 5.72. The van der Waals surface area contributed by atoms with E-state index in [-0.39, 0.29) is 5.91 Å². The summed E-state index contributed by atoms with van der Waals surface area (Å²) in [4.78, 5) is 10.9. The van der Waals surface area contributed by atoms with Gasteiger partial charge in [0.15, 0.2) is 0 Å². The molecule has 15 heavy (non-hydrogen) atoms. The summed E-state index contributed by atoms with van der Waals surface area (Å²) in [7, 11) is 1.58. The van der Waals surface area contributed by atoms with Gasteiger partial charge in [-0.3, -0.25) is 4.79 Å². The number of nitrogen functional groups attached to an aromatic ring is 1. The van der Waals surface area contributed by atoms with Crippen LogP contribution in [0.3, 0.4) is 0 Å². The summed E-state index contributed by atoms with van der Waals surface area (Å²) in [5.74, 6) is 0.478. The number of anilines is 1. The van der Waals surface area contributed by atoms with E-state index in [1.165, 1.54) is 0 Å². The Kier molecular flexibility index (Phi) is 4.24. The van der Waals surface area contributed by atoms with Crippen molar-refractivity contribution in [3.8, 4) is 5.75 Å². The molecular formula is C10H13ClN2O2. The van der Waals surface area contributed by atoms with Crippen LogP contribution in [0.5, 0.6) is 5.75 Å². The van der Waals surface area contributed by atoms with Gasteiger partial charge in [-0.25, -0.2) is 0 Å². The van der Waals surface area contributed by atoms with Crippen molar-refractivity contribution in [3.05, 3.63) is 23.2 Å². The molecule has 0 aliphatic rings. The maximum Gasteiger partial charge on any atom is 0.223 e. The van der Waals surface area contributed by atoms with Gasteiger partial charge in [-0.2, -0.15) is 0 Å². The molecule has 3 N–H and O–H groups in total. The second kappa shape index (κ2) is 5.46. The molecule has 0 aliphatic carbocycles. The zero-order chi connectivity index (χ0) is 11.3. The molecule has 0 atom stereocenters. The van der Waals surface area contributed by atoms with Crippen LogP contribution in [0.25, 0.3) is 0 Å². The first kappa shape index (κ1) is 11.7. The van der Waals surface area contributed by atoms with Crippen molar-refractivity contribution in [2.45, 2.75) is 6.42 Å². The van der Waals surface area contributed by atoms with E-state index in [2.05, 4.69) is 5.32 Å². The SMILES string of the molecule is CNC(=O)CCOc1ccc(Cl)cc1N. The predicted molar refractivity (Wildman–Crippen MR) is 60.0 cm³/mol. The highest BCUT2D eigenvalue weighted by Gasteiger charge is 2.02. The number of carbonyl (C=O) groups excluding carboxylic acids is 1. The van der Waals surface area contributed by atoms with Gasteiger partial charge in [-0.15, -0.1) is 0 Å². The van der Waals surface area contributed by atoms with Crippen LogP contribution in [0.4, 0.5) is 5.69 Å². The van der Waals surface area contributed by atoms with Crippen molar-refractivity contribution in [1.29, 1.82) is 0 Å². The average molecular weight is 229 g/mol. The zero-order valence-electron chi connectivity index (χ0n) is 8.42. The standard InChI is InChI=1S/C10H13ClN2O2/c1-13-10(14)4-5-15-9-3-2-7(11)6-8(9)12/h2-3,6H,4-5,12H2,1H3,(H,13,14). The fourth-order valence-corrected chi connectivity index (χ4v) is 1.21. The minimum Gasteiger partial charge on any atom is -0.491 e. The highest BCUT2D eigenvalue weighted by molar-refractivity contribution is 6.30. The summed E-state index contributed by atoms with van der Waals surface area (Å²) in [6.45, 7) is 0.297. The number of benzene rings is 1. The quantitative estimate of drug-likeness (QED) is 0.767. The predicted octanol–water partition coefficient (Wildman–Crippen LogP) is 1.44. The third kappa shape index (κ3) is 3.67. The monoisotopic (exact) mass is 228 g/mol. The molecule has 0 aliphatic heterocycles. The first-order valence-electron chi connectivity index (χ1n) is 4.52. The zero-order valence-corrected chi connectivity index (χ0v) is 9.17. The third-order valence-corrected chi connectivity index (χ3v) is 2.07. The van der Waals surface area contributed by atoms with Gasteiger partial charge in [-0.05, 0) is 18.2 Å². The molecule has 0 spiro atoms. The van der Waals surface area contributed by atoms with E-state index in [1.54, 1.807) is 25.2 Å². The molecule has 0 fully saturated rings. The van der Waals surface area contributed by atoms with E-state index in [1.807, 2.05) is 0 Å². The second-order valence-electron chi connectivity index (χ2n) is 2.95. The number of nitrogens with two attached hydrogens (primary N) is 1. The number of ether oxygens (including phenoxy) is 1. The van der Waals surface area contributed by atoms with E-state index < -0.39 is 0 Å². The molecule has 4 nitrogen and oxygen atoms in total. The minimum absolute atomic E-state index is 0.0671. The molecule has 0 radical (unpaired) electrons. The van der Waals surface area contributed by atoms with E-state index >= 15 is 0 Å². The van der Waals surface area contributed by atoms with Crippen molar-refractivity contribution >= 4 is 23.2 Å². The molecule has 82 valence electrons. The lowest BCUT2D eigenvalue weighted by Crippen LogP contribution is -2.20. The summed E-state index contributed by atoms with van der Waals surface area (Å²) in [6, 6.07) is 4.98. The van der Waals surface area contributed by atoms with Gasteiger partial charge in [0.05, 0.1) is 18.7 Å². The van der Waals surface area contributed by atoms with E-state index in [9.17, 15) is 4.79 Å². The maximum atomic E-state index is 10.9. The number of rotatable bonds is 4. The number of halogens is 1. The van der Waals surface area contributed by atoms with Gasteiger partial charge >= 0.3 is 0 Å². The Bertz CT molecular complexity index is 355. The topological polar surface area (TPSA) is 64.3 Å². The Hall–Kier alpha value is -1.42. The van der Waals surface area contributed by atoms with Crippen LogP contribution >= 0.6 is 11.6 Å². The smallest absolute Gasteiger partial charge is 0.223 e. The molecule has 0 heterocycles. The Labute approximate surface area is 93.4 Å². The first-order valence-corrected chi connectivity index (χ1v) is 4.89. The van der Waals surface area contributed by atoms with Crippen LogP contribution in [0, 0.1) is 0 Å². The normalized spacial score (nSPS) is 9.73. The van der Waals surface area contributed by atoms with Gasteiger partial charge in [0.2, 0.25) is 5.91 Å². The lowest BCUT2D eigenvalue weighted by atomic mass is 10.3. The van der Waals surface area contributed by atoms with Gasteiger partial charge in [0.25, 0.3) is 0 Å². The average Bonchev–Trinajstić information content (AvgIpc) is 2.21. The van der Waals surface area contributed by atoms with Crippen LogP contribution in [-0.4, -0.2) is 19.6 Å². The minimum atomic E-state index is -0.0671. The van der Waals surface area contributed by atoms with Crippen LogP contribution in [0.15, 0.2) is 18.2 Å². The molecule has 0 saturated carbocycles. The van der Waals surface area contributed by atoms with Crippen LogP contribution < -0.4 is 15.8 Å². The number of amides is 1. The molecular weight excluding hydrogens is 216 g/mol. The fourth-order valence-electron chi connectivity index (χ4n) is 1.03. The Morgan fingerprint density at radius 2 is 2.33 bits per heavy atom. The number of hydrogen-bond donors (Lipinski definition) is 2. The summed E-state index contributed by atoms with van der Waals surface area (Å²) in [6.07, 6.45) is 0.304. The number of carbonyl (C=O) groups is 1. The number of hydrogen-bond acceptors (Lipinski definition) is 3. The van der Waals surface area contributed by atoms with Gasteiger partial charge in [0.1, 0.15) is 5.75 Å². The Balaban J connectivity index is 2.47. The van der Waals surface area contributed by atoms with E-state index in [0.717, 1.165) is 0 Å². The van der Waals surface area contributed by atoms with E-state index in [4.69, 9.17) is 22.1 Å². The van der Waals surface area contributed by atoms with Crippen LogP contribution in [0.2, 0.25) is 5.02 Å². The van der Waals surface area contributed by atoms with Gasteiger partial charge in [0, 0.05) is 12.1 Å². The third-order valence-electron chi connectivity index (χ3n) is 1.84. The highest BCUT2D eigenvalue weighted by atomic mass is 35.5. The fraction of sp³-hybridized carbons (Fsp3) is 0.300. The van der Waals surface area contributed by atoms with E-state index in [0.29, 0.717) is 29.5 Å². The summed E-state index contributed by atoms with van der Waals surface area (Å²) in [5, 5.41) is 3.06. The van der Waals surface area contributed by atoms with Crippen LogP contribution in [-0.2, 0) is 4.79 Å². The second-order valence-corrected chi connectivity index (χ2v) is 3.39. The lowest BCUT2D eigenvalue weighted by molar-refractivity contribution is -0.121. The van der Waals surface area contributed by atoms with Crippen molar-refractivity contribution in [1.82, 2.24) is 5.32 Å². The largest absolute Gasteiger partial charge is 0.491 e. The highest BCUT2D eigenvalue weighted by Crippen LogP contribution is 2.24. The first-order chi connectivity index (χ1) is 7.13. The molecule has 5 heteroatoms. The summed E-state index contributed by atoms with van der Waals surface area (Å²) in [5.41, 5.74) is 6.13. The van der Waals surface area contributed by atoms with Crippen LogP contribution in [0.1, 0.15) is 6.42 Å². The molecule has 1 rings (SSSR count). The molecule has 0 saturated heterocycles. The molecule has 1 aromatic carbocycles. The Morgan fingerprint density at radius 1 is 1.60 bits per heavy atom. The van der Waals surface area contributed by atoms with Crippen molar-refractivity contribution < 1.29 is 9.53 Å². The van der Waals surface area contributed by atoms with Gasteiger partial charge < -0.3 is 15.8 Å².